The van der Waals surface area contributed by atoms with Gasteiger partial charge in [0.05, 0.1) is 5.01 Å². The zero-order valence-corrected chi connectivity index (χ0v) is 9.55. The van der Waals surface area contributed by atoms with Crippen LogP contribution in [-0.2, 0) is 6.42 Å². The lowest BCUT2D eigenvalue weighted by Gasteiger charge is -2.03. The van der Waals surface area contributed by atoms with E-state index >= 15 is 0 Å². The summed E-state index contributed by atoms with van der Waals surface area (Å²) in [5.41, 5.74) is 1.05. The summed E-state index contributed by atoms with van der Waals surface area (Å²) < 4.78 is 13.5. The van der Waals surface area contributed by atoms with Gasteiger partial charge in [-0.05, 0) is 30.7 Å². The number of halogens is 1. The minimum absolute atomic E-state index is 0.0552. The normalized spacial score (nSPS) is 10.4. The average molecular weight is 235 g/mol. The summed E-state index contributed by atoms with van der Waals surface area (Å²) >= 11 is 1.48. The summed E-state index contributed by atoms with van der Waals surface area (Å²) in [4.78, 5) is 15.3. The Hall–Kier alpha value is -1.55. The molecule has 0 aliphatic heterocycles. The Labute approximate surface area is 96.8 Å². The first-order valence-corrected chi connectivity index (χ1v) is 5.72. The van der Waals surface area contributed by atoms with Gasteiger partial charge in [-0.3, -0.25) is 4.79 Å². The van der Waals surface area contributed by atoms with Crippen molar-refractivity contribution in [1.82, 2.24) is 4.98 Å². The summed E-state index contributed by atoms with van der Waals surface area (Å²) in [6.45, 7) is 1.47. The molecule has 2 rings (SSSR count). The van der Waals surface area contributed by atoms with E-state index in [1.54, 1.807) is 12.3 Å². The molecule has 2 nitrogen and oxygen atoms in total. The van der Waals surface area contributed by atoms with Crippen LogP contribution < -0.4 is 0 Å². The molecule has 0 aliphatic rings. The topological polar surface area (TPSA) is 30.0 Å². The fraction of sp³-hybridized carbons (Fsp3) is 0.167. The summed E-state index contributed by atoms with van der Waals surface area (Å²) in [7, 11) is 0. The first kappa shape index (κ1) is 11.0. The predicted octanol–water partition coefficient (Wildman–Crippen LogP) is 3.08. The molecule has 0 spiro atoms. The fourth-order valence-electron chi connectivity index (χ4n) is 1.43. The van der Waals surface area contributed by atoms with Crippen molar-refractivity contribution in [2.45, 2.75) is 13.3 Å². The minimum atomic E-state index is -0.291. The lowest BCUT2D eigenvalue weighted by atomic mass is 10.1. The lowest BCUT2D eigenvalue weighted by molar-refractivity contribution is 0.101. The van der Waals surface area contributed by atoms with Crippen LogP contribution in [0, 0.1) is 5.82 Å². The largest absolute Gasteiger partial charge is 0.295 e. The van der Waals surface area contributed by atoms with Crippen LogP contribution in [0.4, 0.5) is 4.39 Å². The van der Waals surface area contributed by atoms with Crippen molar-refractivity contribution in [3.05, 3.63) is 51.7 Å². The number of ketones is 1. The van der Waals surface area contributed by atoms with Gasteiger partial charge in [-0.1, -0.05) is 0 Å². The molecule has 0 bridgehead atoms. The Morgan fingerprint density at radius 3 is 2.94 bits per heavy atom. The smallest absolute Gasteiger partial charge is 0.159 e. The minimum Gasteiger partial charge on any atom is -0.295 e. The fourth-order valence-corrected chi connectivity index (χ4v) is 2.07. The van der Waals surface area contributed by atoms with Crippen molar-refractivity contribution in [1.29, 1.82) is 0 Å². The number of carbonyl (C=O) groups is 1. The highest BCUT2D eigenvalue weighted by Crippen LogP contribution is 2.17. The van der Waals surface area contributed by atoms with Crippen LogP contribution in [0.5, 0.6) is 0 Å². The van der Waals surface area contributed by atoms with Gasteiger partial charge in [-0.2, -0.15) is 0 Å². The van der Waals surface area contributed by atoms with Crippen molar-refractivity contribution in [2.24, 2.45) is 0 Å². The highest BCUT2D eigenvalue weighted by atomic mass is 32.1. The van der Waals surface area contributed by atoms with Gasteiger partial charge < -0.3 is 0 Å². The Morgan fingerprint density at radius 2 is 2.31 bits per heavy atom. The number of thiazole rings is 1. The highest BCUT2D eigenvalue weighted by Gasteiger charge is 2.08. The molecule has 1 aromatic heterocycles. The molecule has 0 radical (unpaired) electrons. The van der Waals surface area contributed by atoms with E-state index in [1.807, 2.05) is 5.38 Å². The molecule has 16 heavy (non-hydrogen) atoms. The number of benzene rings is 1. The van der Waals surface area contributed by atoms with Crippen molar-refractivity contribution >= 4 is 17.1 Å². The molecule has 82 valence electrons. The molecule has 0 fully saturated rings. The number of carbonyl (C=O) groups excluding carboxylic acids is 1. The van der Waals surface area contributed by atoms with E-state index in [1.165, 1.54) is 30.4 Å². The van der Waals surface area contributed by atoms with Gasteiger partial charge in [0, 0.05) is 23.6 Å². The zero-order valence-electron chi connectivity index (χ0n) is 8.74. The second-order valence-corrected chi connectivity index (χ2v) is 4.44. The Kier molecular flexibility index (Phi) is 3.10. The molecule has 0 amide bonds. The maximum Gasteiger partial charge on any atom is 0.159 e. The molecular weight excluding hydrogens is 225 g/mol. The van der Waals surface area contributed by atoms with Crippen LogP contribution in [0.1, 0.15) is 27.9 Å². The summed E-state index contributed by atoms with van der Waals surface area (Å²) in [5.74, 6) is -0.347. The molecule has 4 heteroatoms. The Morgan fingerprint density at radius 1 is 1.50 bits per heavy atom. The van der Waals surface area contributed by atoms with Crippen molar-refractivity contribution in [3.63, 3.8) is 0 Å². The second kappa shape index (κ2) is 4.53. The quantitative estimate of drug-likeness (QED) is 0.765. The predicted molar refractivity (Wildman–Crippen MR) is 61.3 cm³/mol. The van der Waals surface area contributed by atoms with Gasteiger partial charge >= 0.3 is 0 Å². The van der Waals surface area contributed by atoms with Crippen LogP contribution in [-0.4, -0.2) is 10.8 Å². The molecule has 0 aliphatic carbocycles. The molecule has 2 aromatic rings. The van der Waals surface area contributed by atoms with E-state index in [-0.39, 0.29) is 11.6 Å². The first-order valence-electron chi connectivity index (χ1n) is 4.84. The van der Waals surface area contributed by atoms with Gasteiger partial charge in [0.15, 0.2) is 5.78 Å². The third-order valence-electron chi connectivity index (χ3n) is 2.28. The maximum absolute atomic E-state index is 13.5. The second-order valence-electron chi connectivity index (χ2n) is 3.46. The standard InChI is InChI=1S/C12H10FNOS/c1-8(15)9-2-3-11(13)10(6-9)7-12-14-4-5-16-12/h2-6H,7H2,1H3. The summed E-state index contributed by atoms with van der Waals surface area (Å²) in [5, 5.41) is 2.70. The number of nitrogens with zero attached hydrogens (tertiary/aromatic N) is 1. The highest BCUT2D eigenvalue weighted by molar-refractivity contribution is 7.09. The average Bonchev–Trinajstić information content (AvgIpc) is 2.73. The van der Waals surface area contributed by atoms with Crippen LogP contribution in [0.15, 0.2) is 29.8 Å². The molecule has 0 saturated carbocycles. The van der Waals surface area contributed by atoms with Gasteiger partial charge in [0.2, 0.25) is 0 Å². The number of rotatable bonds is 3. The van der Waals surface area contributed by atoms with E-state index in [4.69, 9.17) is 0 Å². The molecule has 0 saturated heterocycles. The molecule has 1 aromatic carbocycles. The van der Waals surface area contributed by atoms with Crippen LogP contribution in [0.2, 0.25) is 0 Å². The third kappa shape index (κ3) is 2.33. The molecule has 1 heterocycles. The van der Waals surface area contributed by atoms with Crippen LogP contribution in [0.25, 0.3) is 0 Å². The Bertz CT molecular complexity index is 508. The number of hydrogen-bond acceptors (Lipinski definition) is 3. The van der Waals surface area contributed by atoms with Crippen LogP contribution in [0.3, 0.4) is 0 Å². The molecule has 0 atom stereocenters. The van der Waals surface area contributed by atoms with E-state index < -0.39 is 0 Å². The monoisotopic (exact) mass is 235 g/mol. The van der Waals surface area contributed by atoms with Gasteiger partial charge in [-0.15, -0.1) is 11.3 Å². The zero-order chi connectivity index (χ0) is 11.5. The van der Waals surface area contributed by atoms with Gasteiger partial charge in [-0.25, -0.2) is 9.37 Å². The van der Waals surface area contributed by atoms with E-state index in [0.29, 0.717) is 17.5 Å². The van der Waals surface area contributed by atoms with Crippen LogP contribution >= 0.6 is 11.3 Å². The molecular formula is C12H10FNOS. The number of Topliss-reactive ketones (excluding diaryl/α,β-unsaturated/α-hetero) is 1. The lowest BCUT2D eigenvalue weighted by Crippen LogP contribution is -1.98. The van der Waals surface area contributed by atoms with Crippen molar-refractivity contribution in [3.8, 4) is 0 Å². The van der Waals surface area contributed by atoms with E-state index in [9.17, 15) is 9.18 Å². The van der Waals surface area contributed by atoms with Gasteiger partial charge in [0.25, 0.3) is 0 Å². The molecule has 0 unspecified atom stereocenters. The Balaban J connectivity index is 2.32. The summed E-state index contributed by atoms with van der Waals surface area (Å²) in [6.07, 6.45) is 2.12. The van der Waals surface area contributed by atoms with Gasteiger partial charge in [0.1, 0.15) is 5.82 Å². The van der Waals surface area contributed by atoms with Crippen molar-refractivity contribution in [2.75, 3.05) is 0 Å². The maximum atomic E-state index is 13.5. The SMILES string of the molecule is CC(=O)c1ccc(F)c(Cc2nccs2)c1. The number of hydrogen-bond donors (Lipinski definition) is 0. The van der Waals surface area contributed by atoms with E-state index in [2.05, 4.69) is 4.98 Å². The van der Waals surface area contributed by atoms with Crippen molar-refractivity contribution < 1.29 is 9.18 Å². The summed E-state index contributed by atoms with van der Waals surface area (Å²) in [6, 6.07) is 4.43. The third-order valence-corrected chi connectivity index (χ3v) is 3.06. The van der Waals surface area contributed by atoms with E-state index in [0.717, 1.165) is 5.01 Å². The number of aromatic nitrogens is 1. The first-order chi connectivity index (χ1) is 7.66. The molecule has 0 N–H and O–H groups in total.